The molecule has 9 heteroatoms. The van der Waals surface area contributed by atoms with Crippen LogP contribution in [0.3, 0.4) is 0 Å². The molecule has 32 heavy (non-hydrogen) atoms. The van der Waals surface area contributed by atoms with Crippen molar-refractivity contribution in [2.75, 3.05) is 10.6 Å². The maximum absolute atomic E-state index is 12.8. The molecule has 2 amide bonds. The van der Waals surface area contributed by atoms with Gasteiger partial charge in [0.15, 0.2) is 11.5 Å². The Hall–Kier alpha value is -4.17. The number of nitrogens with one attached hydrogen (secondary N) is 2. The predicted molar refractivity (Wildman–Crippen MR) is 121 cm³/mol. The zero-order chi connectivity index (χ0) is 22.7. The van der Waals surface area contributed by atoms with E-state index in [1.54, 1.807) is 61.5 Å². The quantitative estimate of drug-likeness (QED) is 0.473. The third-order valence-electron chi connectivity index (χ3n) is 4.52. The van der Waals surface area contributed by atoms with Gasteiger partial charge in [0.1, 0.15) is 0 Å². The van der Waals surface area contributed by atoms with Crippen LogP contribution in [0.25, 0.3) is 5.69 Å². The average Bonchev–Trinajstić information content (AvgIpc) is 3.30. The number of halogens is 1. The number of aromatic nitrogens is 2. The number of carbonyl (C=O) groups excluding carboxylic acids is 2. The van der Waals surface area contributed by atoms with Gasteiger partial charge < -0.3 is 15.1 Å². The van der Waals surface area contributed by atoms with Gasteiger partial charge in [-0.3, -0.25) is 14.4 Å². The molecule has 0 spiro atoms. The first-order valence-electron chi connectivity index (χ1n) is 9.54. The smallest absolute Gasteiger partial charge is 0.291 e. The maximum atomic E-state index is 12.8. The lowest BCUT2D eigenvalue weighted by Gasteiger charge is -2.12. The predicted octanol–water partition coefficient (Wildman–Crippen LogP) is 4.29. The van der Waals surface area contributed by atoms with E-state index in [4.69, 9.17) is 16.0 Å². The van der Waals surface area contributed by atoms with Crippen molar-refractivity contribution in [3.8, 4) is 5.69 Å². The summed E-state index contributed by atoms with van der Waals surface area (Å²) in [5.41, 5.74) is 1.27. The lowest BCUT2D eigenvalue weighted by Crippen LogP contribution is -2.27. The molecule has 4 aromatic rings. The van der Waals surface area contributed by atoms with E-state index in [9.17, 15) is 14.4 Å². The molecule has 0 atom stereocenters. The van der Waals surface area contributed by atoms with Crippen molar-refractivity contribution in [2.45, 2.75) is 6.92 Å². The number of carbonyl (C=O) groups is 2. The molecule has 160 valence electrons. The first-order valence-corrected chi connectivity index (χ1v) is 9.92. The molecule has 4 rings (SSSR count). The fourth-order valence-electron chi connectivity index (χ4n) is 3.01. The summed E-state index contributed by atoms with van der Waals surface area (Å²) in [5, 5.41) is 10.1. The third-order valence-corrected chi connectivity index (χ3v) is 4.77. The second-order valence-corrected chi connectivity index (χ2v) is 7.29. The number of anilines is 2. The molecule has 2 heterocycles. The molecule has 2 N–H and O–H groups in total. The zero-order valence-electron chi connectivity index (χ0n) is 16.8. The molecule has 0 aliphatic heterocycles. The summed E-state index contributed by atoms with van der Waals surface area (Å²) in [6.45, 7) is 1.72. The minimum absolute atomic E-state index is 0.158. The minimum atomic E-state index is -0.674. The van der Waals surface area contributed by atoms with E-state index in [0.717, 1.165) is 0 Å². The van der Waals surface area contributed by atoms with Crippen LogP contribution in [-0.4, -0.2) is 21.6 Å². The Kier molecular flexibility index (Phi) is 5.87. The topological polar surface area (TPSA) is 106 Å². The SMILES string of the molecule is Cc1cc(=O)c(C(=O)Nc2cccc(NC(=O)c3ccco3)c2)nn1-c1ccc(Cl)cc1. The molecule has 0 unspecified atom stereocenters. The van der Waals surface area contributed by atoms with Crippen molar-refractivity contribution in [2.24, 2.45) is 0 Å². The largest absolute Gasteiger partial charge is 0.459 e. The second kappa shape index (κ2) is 8.91. The summed E-state index contributed by atoms with van der Waals surface area (Å²) in [4.78, 5) is 37.4. The molecule has 0 aliphatic rings. The molecule has 0 bridgehead atoms. The molecule has 0 saturated carbocycles. The Morgan fingerprint density at radius 1 is 0.938 bits per heavy atom. The molecular weight excluding hydrogens is 432 g/mol. The van der Waals surface area contributed by atoms with Crippen LogP contribution in [0.1, 0.15) is 26.7 Å². The second-order valence-electron chi connectivity index (χ2n) is 6.85. The number of nitrogens with zero attached hydrogens (tertiary/aromatic N) is 2. The van der Waals surface area contributed by atoms with Crippen molar-refractivity contribution in [1.29, 1.82) is 0 Å². The summed E-state index contributed by atoms with van der Waals surface area (Å²) in [6, 6.07) is 17.9. The number of amides is 2. The van der Waals surface area contributed by atoms with Crippen LogP contribution >= 0.6 is 11.6 Å². The standard InChI is InChI=1S/C23H17ClN4O4/c1-14-12-19(29)21(27-28(14)18-9-7-15(24)8-10-18)23(31)26-17-5-2-4-16(13-17)25-22(30)20-6-3-11-32-20/h2-13H,1H3,(H,25,30)(H,26,31). The Labute approximate surface area is 187 Å². The van der Waals surface area contributed by atoms with E-state index in [1.807, 2.05) is 0 Å². The van der Waals surface area contributed by atoms with E-state index in [1.165, 1.54) is 23.1 Å². The first kappa shape index (κ1) is 21.1. The van der Waals surface area contributed by atoms with E-state index in [0.29, 0.717) is 27.8 Å². The van der Waals surface area contributed by atoms with Crippen molar-refractivity contribution in [3.63, 3.8) is 0 Å². The van der Waals surface area contributed by atoms with Crippen LogP contribution in [0.15, 0.2) is 82.2 Å². The molecule has 0 saturated heterocycles. The third kappa shape index (κ3) is 4.60. The van der Waals surface area contributed by atoms with Crippen molar-refractivity contribution in [3.05, 3.63) is 105 Å². The molecular formula is C23H17ClN4O4. The van der Waals surface area contributed by atoms with E-state index < -0.39 is 17.2 Å². The normalized spacial score (nSPS) is 10.6. The number of furan rings is 1. The van der Waals surface area contributed by atoms with Crippen LogP contribution < -0.4 is 16.1 Å². The van der Waals surface area contributed by atoms with Gasteiger partial charge in [-0.25, -0.2) is 4.68 Å². The Balaban J connectivity index is 1.56. The van der Waals surface area contributed by atoms with Gasteiger partial charge >= 0.3 is 0 Å². The fourth-order valence-corrected chi connectivity index (χ4v) is 3.14. The molecule has 2 aromatic carbocycles. The highest BCUT2D eigenvalue weighted by Crippen LogP contribution is 2.18. The van der Waals surface area contributed by atoms with E-state index in [2.05, 4.69) is 15.7 Å². The molecule has 2 aromatic heterocycles. The van der Waals surface area contributed by atoms with Gasteiger partial charge in [0.25, 0.3) is 11.8 Å². The van der Waals surface area contributed by atoms with Gasteiger partial charge in [-0.05, 0) is 61.5 Å². The van der Waals surface area contributed by atoms with Crippen LogP contribution in [0.4, 0.5) is 11.4 Å². The monoisotopic (exact) mass is 448 g/mol. The number of aryl methyl sites for hydroxylation is 1. The van der Waals surface area contributed by atoms with Crippen molar-refractivity contribution < 1.29 is 14.0 Å². The fraction of sp³-hybridized carbons (Fsp3) is 0.0435. The summed E-state index contributed by atoms with van der Waals surface area (Å²) < 4.78 is 6.56. The highest BCUT2D eigenvalue weighted by molar-refractivity contribution is 6.30. The first-order chi connectivity index (χ1) is 15.4. The molecule has 0 radical (unpaired) electrons. The Morgan fingerprint density at radius 3 is 2.28 bits per heavy atom. The van der Waals surface area contributed by atoms with Crippen LogP contribution in [0.2, 0.25) is 5.02 Å². The molecule has 0 aliphatic carbocycles. The lowest BCUT2D eigenvalue weighted by molar-refractivity contribution is 0.0994. The highest BCUT2D eigenvalue weighted by atomic mass is 35.5. The van der Waals surface area contributed by atoms with E-state index in [-0.39, 0.29) is 11.5 Å². The van der Waals surface area contributed by atoms with Gasteiger partial charge in [0.2, 0.25) is 5.43 Å². The number of hydrogen-bond acceptors (Lipinski definition) is 5. The highest BCUT2D eigenvalue weighted by Gasteiger charge is 2.16. The Bertz CT molecular complexity index is 1350. The minimum Gasteiger partial charge on any atom is -0.459 e. The maximum Gasteiger partial charge on any atom is 0.291 e. The number of hydrogen-bond donors (Lipinski definition) is 2. The molecule has 0 fully saturated rings. The van der Waals surface area contributed by atoms with Gasteiger partial charge in [-0.1, -0.05) is 17.7 Å². The van der Waals surface area contributed by atoms with Crippen LogP contribution in [0, 0.1) is 6.92 Å². The van der Waals surface area contributed by atoms with Crippen LogP contribution in [0.5, 0.6) is 0 Å². The summed E-state index contributed by atoms with van der Waals surface area (Å²) in [7, 11) is 0. The zero-order valence-corrected chi connectivity index (χ0v) is 17.6. The van der Waals surface area contributed by atoms with Gasteiger partial charge in [0.05, 0.1) is 12.0 Å². The van der Waals surface area contributed by atoms with Crippen molar-refractivity contribution >= 4 is 34.8 Å². The van der Waals surface area contributed by atoms with Crippen LogP contribution in [-0.2, 0) is 0 Å². The lowest BCUT2D eigenvalue weighted by atomic mass is 10.2. The summed E-state index contributed by atoms with van der Waals surface area (Å²) in [6.07, 6.45) is 1.40. The van der Waals surface area contributed by atoms with Gasteiger partial charge in [-0.15, -0.1) is 0 Å². The van der Waals surface area contributed by atoms with Crippen molar-refractivity contribution in [1.82, 2.24) is 9.78 Å². The number of benzene rings is 2. The van der Waals surface area contributed by atoms with E-state index >= 15 is 0 Å². The number of rotatable bonds is 5. The van der Waals surface area contributed by atoms with Gasteiger partial charge in [-0.2, -0.15) is 5.10 Å². The summed E-state index contributed by atoms with van der Waals surface area (Å²) in [5.74, 6) is -0.942. The molecule has 8 nitrogen and oxygen atoms in total. The van der Waals surface area contributed by atoms with Gasteiger partial charge in [0, 0.05) is 28.2 Å². The average molecular weight is 449 g/mol. The summed E-state index contributed by atoms with van der Waals surface area (Å²) >= 11 is 5.93. The Morgan fingerprint density at radius 2 is 1.62 bits per heavy atom.